The van der Waals surface area contributed by atoms with Crippen molar-refractivity contribution in [3.63, 3.8) is 0 Å². The minimum absolute atomic E-state index is 0.0490. The highest BCUT2D eigenvalue weighted by atomic mass is 32.1. The summed E-state index contributed by atoms with van der Waals surface area (Å²) in [4.78, 5) is 12.7. The lowest BCUT2D eigenvalue weighted by molar-refractivity contribution is 0.0951. The summed E-state index contributed by atoms with van der Waals surface area (Å²) in [6, 6.07) is 20.1. The van der Waals surface area contributed by atoms with Gasteiger partial charge < -0.3 is 9.88 Å². The minimum Gasteiger partial charge on any atom is -0.346 e. The van der Waals surface area contributed by atoms with E-state index in [2.05, 4.69) is 33.5 Å². The molecule has 2 aromatic heterocycles. The van der Waals surface area contributed by atoms with Gasteiger partial charge in [-0.3, -0.25) is 4.79 Å². The van der Waals surface area contributed by atoms with Crippen LogP contribution in [0.4, 0.5) is 0 Å². The Kier molecular flexibility index (Phi) is 4.12. The second-order valence-corrected chi connectivity index (χ2v) is 6.77. The largest absolute Gasteiger partial charge is 0.346 e. The summed E-state index contributed by atoms with van der Waals surface area (Å²) < 4.78 is 2.13. The van der Waals surface area contributed by atoms with Crippen molar-refractivity contribution in [1.82, 2.24) is 9.88 Å². The standard InChI is InChI=1S/C21H18N2OS/c1-23-17(12-15-6-2-5-9-20(15)23)13-22-21(24)19-8-4-3-7-18(19)16-10-11-25-14-16/h2-12,14H,13H2,1H3,(H,22,24). The zero-order chi connectivity index (χ0) is 17.2. The van der Waals surface area contributed by atoms with Crippen LogP contribution in [0.15, 0.2) is 71.4 Å². The lowest BCUT2D eigenvalue weighted by Crippen LogP contribution is -2.24. The number of aromatic nitrogens is 1. The average molecular weight is 346 g/mol. The number of benzene rings is 2. The van der Waals surface area contributed by atoms with Gasteiger partial charge in [-0.15, -0.1) is 0 Å². The molecule has 0 fully saturated rings. The van der Waals surface area contributed by atoms with Crippen molar-refractivity contribution in [3.8, 4) is 11.1 Å². The fourth-order valence-corrected chi connectivity index (χ4v) is 3.79. The summed E-state index contributed by atoms with van der Waals surface area (Å²) >= 11 is 1.63. The van der Waals surface area contributed by atoms with Gasteiger partial charge in [0.1, 0.15) is 0 Å². The Morgan fingerprint density at radius 3 is 2.68 bits per heavy atom. The van der Waals surface area contributed by atoms with E-state index in [0.717, 1.165) is 16.8 Å². The van der Waals surface area contributed by atoms with E-state index in [-0.39, 0.29) is 5.91 Å². The molecule has 4 aromatic rings. The van der Waals surface area contributed by atoms with Gasteiger partial charge in [-0.25, -0.2) is 0 Å². The van der Waals surface area contributed by atoms with Gasteiger partial charge in [-0.1, -0.05) is 36.4 Å². The monoisotopic (exact) mass is 346 g/mol. The summed E-state index contributed by atoms with van der Waals surface area (Å²) in [6.07, 6.45) is 0. The topological polar surface area (TPSA) is 34.0 Å². The first kappa shape index (κ1) is 15.7. The smallest absolute Gasteiger partial charge is 0.252 e. The van der Waals surface area contributed by atoms with Gasteiger partial charge in [0.2, 0.25) is 0 Å². The molecule has 4 rings (SSSR count). The number of hydrogen-bond acceptors (Lipinski definition) is 2. The molecule has 2 heterocycles. The Balaban J connectivity index is 1.58. The summed E-state index contributed by atoms with van der Waals surface area (Å²) in [5, 5.41) is 8.34. The number of para-hydroxylation sites is 1. The molecule has 4 heteroatoms. The first-order valence-corrected chi connectivity index (χ1v) is 9.11. The normalized spacial score (nSPS) is 10.9. The molecule has 124 valence electrons. The lowest BCUT2D eigenvalue weighted by atomic mass is 10.0. The third-order valence-corrected chi connectivity index (χ3v) is 5.17. The Labute approximate surface area is 150 Å². The highest BCUT2D eigenvalue weighted by Gasteiger charge is 2.13. The van der Waals surface area contributed by atoms with E-state index in [9.17, 15) is 4.79 Å². The Hall–Kier alpha value is -2.85. The van der Waals surface area contributed by atoms with Crippen molar-refractivity contribution in [2.75, 3.05) is 0 Å². The van der Waals surface area contributed by atoms with E-state index >= 15 is 0 Å². The molecule has 25 heavy (non-hydrogen) atoms. The fourth-order valence-electron chi connectivity index (χ4n) is 3.13. The average Bonchev–Trinajstić information content (AvgIpc) is 3.29. The van der Waals surface area contributed by atoms with E-state index < -0.39 is 0 Å². The van der Waals surface area contributed by atoms with Gasteiger partial charge in [0.05, 0.1) is 6.54 Å². The molecule has 0 aliphatic rings. The third-order valence-electron chi connectivity index (χ3n) is 4.48. The van der Waals surface area contributed by atoms with Gasteiger partial charge >= 0.3 is 0 Å². The van der Waals surface area contributed by atoms with Crippen LogP contribution in [-0.2, 0) is 13.6 Å². The van der Waals surface area contributed by atoms with E-state index in [4.69, 9.17) is 0 Å². The van der Waals surface area contributed by atoms with Crippen molar-refractivity contribution >= 4 is 28.1 Å². The molecule has 0 unspecified atom stereocenters. The molecule has 0 aliphatic carbocycles. The number of aryl methyl sites for hydroxylation is 1. The number of carbonyl (C=O) groups is 1. The molecule has 3 nitrogen and oxygen atoms in total. The number of amides is 1. The summed E-state index contributed by atoms with van der Waals surface area (Å²) in [7, 11) is 2.03. The fraction of sp³-hybridized carbons (Fsp3) is 0.0952. The van der Waals surface area contributed by atoms with Gasteiger partial charge in [-0.05, 0) is 51.5 Å². The molecule has 0 saturated carbocycles. The maximum absolute atomic E-state index is 12.7. The van der Waals surface area contributed by atoms with Crippen LogP contribution < -0.4 is 5.32 Å². The zero-order valence-electron chi connectivity index (χ0n) is 13.9. The van der Waals surface area contributed by atoms with Crippen molar-refractivity contribution in [2.24, 2.45) is 7.05 Å². The van der Waals surface area contributed by atoms with Crippen LogP contribution in [0.25, 0.3) is 22.0 Å². The molecule has 0 radical (unpaired) electrons. The van der Waals surface area contributed by atoms with Crippen molar-refractivity contribution < 1.29 is 4.79 Å². The first-order valence-electron chi connectivity index (χ1n) is 8.17. The minimum atomic E-state index is -0.0490. The van der Waals surface area contributed by atoms with Gasteiger partial charge in [0.15, 0.2) is 0 Å². The molecule has 0 atom stereocenters. The van der Waals surface area contributed by atoms with Crippen molar-refractivity contribution in [1.29, 1.82) is 0 Å². The number of carbonyl (C=O) groups excluding carboxylic acids is 1. The van der Waals surface area contributed by atoms with E-state index in [1.165, 1.54) is 10.9 Å². The Morgan fingerprint density at radius 1 is 1.08 bits per heavy atom. The Bertz CT molecular complexity index is 1030. The summed E-state index contributed by atoms with van der Waals surface area (Å²) in [6.45, 7) is 0.502. The van der Waals surface area contributed by atoms with Gasteiger partial charge in [0.25, 0.3) is 5.91 Å². The maximum Gasteiger partial charge on any atom is 0.252 e. The number of hydrogen-bond donors (Lipinski definition) is 1. The second-order valence-electron chi connectivity index (χ2n) is 5.99. The van der Waals surface area contributed by atoms with E-state index in [1.54, 1.807) is 11.3 Å². The molecule has 0 aliphatic heterocycles. The highest BCUT2D eigenvalue weighted by molar-refractivity contribution is 7.08. The maximum atomic E-state index is 12.7. The summed E-state index contributed by atoms with van der Waals surface area (Å²) in [5.74, 6) is -0.0490. The molecular formula is C21H18N2OS. The Morgan fingerprint density at radius 2 is 1.88 bits per heavy atom. The number of fused-ring (bicyclic) bond motifs is 1. The van der Waals surface area contributed by atoms with E-state index in [1.807, 2.05) is 54.9 Å². The van der Waals surface area contributed by atoms with Crippen LogP contribution in [0.5, 0.6) is 0 Å². The molecule has 1 N–H and O–H groups in total. The predicted octanol–water partition coefficient (Wildman–Crippen LogP) is 4.84. The molecular weight excluding hydrogens is 328 g/mol. The molecule has 0 bridgehead atoms. The predicted molar refractivity (Wildman–Crippen MR) is 104 cm³/mol. The van der Waals surface area contributed by atoms with Crippen LogP contribution in [0.3, 0.4) is 0 Å². The van der Waals surface area contributed by atoms with E-state index in [0.29, 0.717) is 12.1 Å². The quantitative estimate of drug-likeness (QED) is 0.564. The number of nitrogens with zero attached hydrogens (tertiary/aromatic N) is 1. The number of thiophene rings is 1. The lowest BCUT2D eigenvalue weighted by Gasteiger charge is -2.10. The zero-order valence-corrected chi connectivity index (χ0v) is 14.7. The van der Waals surface area contributed by atoms with Crippen molar-refractivity contribution in [2.45, 2.75) is 6.54 Å². The first-order chi connectivity index (χ1) is 12.2. The van der Waals surface area contributed by atoms with Crippen LogP contribution in [0.2, 0.25) is 0 Å². The van der Waals surface area contributed by atoms with Crippen molar-refractivity contribution in [3.05, 3.63) is 82.7 Å². The van der Waals surface area contributed by atoms with Gasteiger partial charge in [0, 0.05) is 23.8 Å². The highest BCUT2D eigenvalue weighted by Crippen LogP contribution is 2.26. The SMILES string of the molecule is Cn1c(CNC(=O)c2ccccc2-c2ccsc2)cc2ccccc21. The molecule has 0 saturated heterocycles. The van der Waals surface area contributed by atoms with Crippen LogP contribution in [0.1, 0.15) is 16.1 Å². The second kappa shape index (κ2) is 6.57. The molecule has 1 amide bonds. The number of rotatable bonds is 4. The van der Waals surface area contributed by atoms with Gasteiger partial charge in [-0.2, -0.15) is 11.3 Å². The summed E-state index contributed by atoms with van der Waals surface area (Å²) in [5.41, 5.74) is 5.02. The van der Waals surface area contributed by atoms with Crippen LogP contribution in [-0.4, -0.2) is 10.5 Å². The molecule has 0 spiro atoms. The van der Waals surface area contributed by atoms with Crippen LogP contribution in [0, 0.1) is 0 Å². The third kappa shape index (κ3) is 2.96. The molecule has 2 aromatic carbocycles. The van der Waals surface area contributed by atoms with Crippen LogP contribution >= 0.6 is 11.3 Å². The number of nitrogens with one attached hydrogen (secondary N) is 1.